The molecule has 2 aromatic rings. The summed E-state index contributed by atoms with van der Waals surface area (Å²) in [4.78, 5) is 12.4. The van der Waals surface area contributed by atoms with E-state index in [9.17, 15) is 4.79 Å². The molecule has 0 saturated carbocycles. The number of halogens is 1. The maximum absolute atomic E-state index is 12.4. The molecule has 0 fully saturated rings. The van der Waals surface area contributed by atoms with Crippen LogP contribution in [0.25, 0.3) is 0 Å². The van der Waals surface area contributed by atoms with E-state index in [4.69, 9.17) is 0 Å². The Morgan fingerprint density at radius 2 is 2.30 bits per heavy atom. The van der Waals surface area contributed by atoms with Crippen LogP contribution in [0.2, 0.25) is 0 Å². The summed E-state index contributed by atoms with van der Waals surface area (Å²) in [7, 11) is 0. The molecule has 2 heterocycles. The van der Waals surface area contributed by atoms with Crippen molar-refractivity contribution in [3.63, 3.8) is 0 Å². The summed E-state index contributed by atoms with van der Waals surface area (Å²) in [6.45, 7) is 3.56. The van der Waals surface area contributed by atoms with Crippen LogP contribution in [0.5, 0.6) is 0 Å². The number of nitrogens with zero attached hydrogens (tertiary/aromatic N) is 1. The lowest BCUT2D eigenvalue weighted by Gasteiger charge is -2.13. The Labute approximate surface area is 125 Å². The molecule has 1 amide bonds. The first kappa shape index (κ1) is 13.3. The zero-order chi connectivity index (χ0) is 14.1. The number of anilines is 1. The van der Waals surface area contributed by atoms with Crippen LogP contribution in [0.4, 0.5) is 5.69 Å². The molecule has 0 atom stereocenters. The van der Waals surface area contributed by atoms with Gasteiger partial charge in [0.05, 0.1) is 0 Å². The van der Waals surface area contributed by atoms with Crippen LogP contribution < -0.4 is 10.6 Å². The smallest absolute Gasteiger partial charge is 0.276 e. The Kier molecular flexibility index (Phi) is 3.58. The van der Waals surface area contributed by atoms with Crippen LogP contribution >= 0.6 is 15.9 Å². The molecule has 0 saturated heterocycles. The van der Waals surface area contributed by atoms with Crippen LogP contribution in [0, 0.1) is 6.92 Å². The Morgan fingerprint density at radius 1 is 1.45 bits per heavy atom. The normalized spacial score (nSPS) is 13.9. The lowest BCUT2D eigenvalue weighted by atomic mass is 10.1. The third-order valence-corrected chi connectivity index (χ3v) is 4.40. The molecule has 20 heavy (non-hydrogen) atoms. The van der Waals surface area contributed by atoms with E-state index in [1.165, 1.54) is 0 Å². The molecule has 5 nitrogen and oxygen atoms in total. The van der Waals surface area contributed by atoms with Crippen LogP contribution in [0.3, 0.4) is 0 Å². The van der Waals surface area contributed by atoms with Gasteiger partial charge in [0.2, 0.25) is 0 Å². The van der Waals surface area contributed by atoms with Crippen molar-refractivity contribution >= 4 is 27.5 Å². The van der Waals surface area contributed by atoms with Gasteiger partial charge in [0.15, 0.2) is 5.69 Å². The number of aromatic nitrogens is 2. The van der Waals surface area contributed by atoms with Crippen LogP contribution in [-0.2, 0) is 13.0 Å². The molecule has 0 aliphatic carbocycles. The molecule has 3 rings (SSSR count). The van der Waals surface area contributed by atoms with E-state index in [2.05, 4.69) is 36.8 Å². The van der Waals surface area contributed by atoms with Gasteiger partial charge in [-0.15, -0.1) is 0 Å². The van der Waals surface area contributed by atoms with E-state index in [1.54, 1.807) is 0 Å². The molecule has 0 bridgehead atoms. The first-order valence-electron chi connectivity index (χ1n) is 6.50. The minimum Gasteiger partial charge on any atom is -0.320 e. The largest absolute Gasteiger partial charge is 0.320 e. The fourth-order valence-corrected chi connectivity index (χ4v) is 2.70. The lowest BCUT2D eigenvalue weighted by molar-refractivity contribution is 0.102. The van der Waals surface area contributed by atoms with Gasteiger partial charge in [-0.1, -0.05) is 22.0 Å². The molecule has 104 valence electrons. The molecule has 0 radical (unpaired) electrons. The number of rotatable bonds is 2. The van der Waals surface area contributed by atoms with Crippen LogP contribution in [0.1, 0.15) is 27.3 Å². The lowest BCUT2D eigenvalue weighted by Crippen LogP contribution is -2.25. The van der Waals surface area contributed by atoms with Gasteiger partial charge in [0, 0.05) is 40.9 Å². The van der Waals surface area contributed by atoms with Gasteiger partial charge in [-0.05, 0) is 24.6 Å². The zero-order valence-electron chi connectivity index (χ0n) is 11.1. The van der Waals surface area contributed by atoms with Crippen molar-refractivity contribution in [3.8, 4) is 0 Å². The first-order valence-corrected chi connectivity index (χ1v) is 7.29. The summed E-state index contributed by atoms with van der Waals surface area (Å²) < 4.78 is 0.973. The van der Waals surface area contributed by atoms with Gasteiger partial charge >= 0.3 is 0 Å². The topological polar surface area (TPSA) is 69.8 Å². The summed E-state index contributed by atoms with van der Waals surface area (Å²) in [5, 5.41) is 13.3. The first-order chi connectivity index (χ1) is 9.66. The Morgan fingerprint density at radius 3 is 3.15 bits per heavy atom. The highest BCUT2D eigenvalue weighted by Crippen LogP contribution is 2.24. The fraction of sp³-hybridized carbons (Fsp3) is 0.286. The molecular weight excluding hydrogens is 320 g/mol. The molecule has 1 aliphatic rings. The number of carbonyl (C=O) groups excluding carboxylic acids is 1. The van der Waals surface area contributed by atoms with Crippen LogP contribution in [-0.4, -0.2) is 22.6 Å². The molecule has 0 unspecified atom stereocenters. The number of aromatic amines is 1. The highest BCUT2D eigenvalue weighted by molar-refractivity contribution is 9.10. The number of benzene rings is 1. The predicted molar refractivity (Wildman–Crippen MR) is 80.8 cm³/mol. The van der Waals surface area contributed by atoms with Crippen molar-refractivity contribution in [1.29, 1.82) is 0 Å². The average molecular weight is 335 g/mol. The van der Waals surface area contributed by atoms with Crippen LogP contribution in [0.15, 0.2) is 22.7 Å². The van der Waals surface area contributed by atoms with Crippen molar-refractivity contribution in [2.75, 3.05) is 11.9 Å². The number of H-pyrrole nitrogens is 1. The van der Waals surface area contributed by atoms with Crippen molar-refractivity contribution < 1.29 is 4.79 Å². The molecular formula is C14H15BrN4O. The second-order valence-electron chi connectivity index (χ2n) is 4.82. The van der Waals surface area contributed by atoms with Gasteiger partial charge in [-0.3, -0.25) is 9.89 Å². The number of hydrogen-bond acceptors (Lipinski definition) is 3. The predicted octanol–water partition coefficient (Wildman–Crippen LogP) is 2.38. The quantitative estimate of drug-likeness (QED) is 0.789. The number of fused-ring (bicyclic) bond motifs is 1. The van der Waals surface area contributed by atoms with Crippen molar-refractivity contribution in [3.05, 3.63) is 45.2 Å². The summed E-state index contributed by atoms with van der Waals surface area (Å²) in [6.07, 6.45) is 0.880. The maximum Gasteiger partial charge on any atom is 0.276 e. The van der Waals surface area contributed by atoms with Gasteiger partial charge in [0.1, 0.15) is 0 Å². The minimum atomic E-state index is -0.174. The van der Waals surface area contributed by atoms with E-state index < -0.39 is 0 Å². The SMILES string of the molecule is Cc1c(Br)cccc1NC(=O)c1n[nH]c2c1CNCC2. The number of carbonyl (C=O) groups is 1. The zero-order valence-corrected chi connectivity index (χ0v) is 12.7. The monoisotopic (exact) mass is 334 g/mol. The molecule has 3 N–H and O–H groups in total. The van der Waals surface area contributed by atoms with E-state index in [1.807, 2.05) is 25.1 Å². The van der Waals surface area contributed by atoms with E-state index in [0.717, 1.165) is 39.9 Å². The molecule has 1 aromatic heterocycles. The van der Waals surface area contributed by atoms with Crippen molar-refractivity contribution in [2.24, 2.45) is 0 Å². The highest BCUT2D eigenvalue weighted by Gasteiger charge is 2.21. The summed E-state index contributed by atoms with van der Waals surface area (Å²) in [6, 6.07) is 5.73. The van der Waals surface area contributed by atoms with Gasteiger partial charge in [0.25, 0.3) is 5.91 Å². The summed E-state index contributed by atoms with van der Waals surface area (Å²) in [5.41, 5.74) is 4.31. The Balaban J connectivity index is 1.86. The third-order valence-electron chi connectivity index (χ3n) is 3.54. The van der Waals surface area contributed by atoms with E-state index >= 15 is 0 Å². The molecule has 1 aliphatic heterocycles. The molecule has 0 spiro atoms. The number of hydrogen-bond donors (Lipinski definition) is 3. The minimum absolute atomic E-state index is 0.174. The number of nitrogens with one attached hydrogen (secondary N) is 3. The standard InChI is InChI=1S/C14H15BrN4O/c1-8-10(15)3-2-4-11(8)17-14(20)13-9-7-16-6-5-12(9)18-19-13/h2-4,16H,5-7H2,1H3,(H,17,20)(H,18,19). The maximum atomic E-state index is 12.4. The van der Waals surface area contributed by atoms with E-state index in [-0.39, 0.29) is 5.91 Å². The van der Waals surface area contributed by atoms with Gasteiger partial charge in [-0.25, -0.2) is 0 Å². The van der Waals surface area contributed by atoms with Crippen molar-refractivity contribution in [2.45, 2.75) is 19.9 Å². The van der Waals surface area contributed by atoms with Gasteiger partial charge in [-0.2, -0.15) is 5.10 Å². The van der Waals surface area contributed by atoms with Crippen molar-refractivity contribution in [1.82, 2.24) is 15.5 Å². The Hall–Kier alpha value is -1.66. The fourth-order valence-electron chi connectivity index (χ4n) is 2.34. The van der Waals surface area contributed by atoms with Gasteiger partial charge < -0.3 is 10.6 Å². The second kappa shape index (κ2) is 5.38. The molecule has 1 aromatic carbocycles. The highest BCUT2D eigenvalue weighted by atomic mass is 79.9. The number of amides is 1. The summed E-state index contributed by atoms with van der Waals surface area (Å²) in [5.74, 6) is -0.174. The Bertz CT molecular complexity index is 665. The second-order valence-corrected chi connectivity index (χ2v) is 5.68. The van der Waals surface area contributed by atoms with E-state index in [0.29, 0.717) is 12.2 Å². The third kappa shape index (κ3) is 2.36. The molecule has 6 heteroatoms. The summed E-state index contributed by atoms with van der Waals surface area (Å²) >= 11 is 3.46. The average Bonchev–Trinajstić information content (AvgIpc) is 2.88.